The maximum Gasteiger partial charge on any atom is 0.323 e. The Morgan fingerprint density at radius 3 is 2.65 bits per heavy atom. The molecule has 2 aromatic rings. The third-order valence-electron chi connectivity index (χ3n) is 3.94. The van der Waals surface area contributed by atoms with Gasteiger partial charge in [-0.25, -0.2) is 4.79 Å². The topological polar surface area (TPSA) is 32.3 Å². The maximum atomic E-state index is 12.6. The van der Waals surface area contributed by atoms with Crippen molar-refractivity contribution >= 4 is 35.1 Å². The lowest BCUT2D eigenvalue weighted by Gasteiger charge is -2.25. The first-order chi connectivity index (χ1) is 11.0. The van der Waals surface area contributed by atoms with Gasteiger partial charge in [0.15, 0.2) is 0 Å². The number of anilines is 1. The molecular formula is C18H19ClN2OS. The largest absolute Gasteiger partial charge is 0.323 e. The van der Waals surface area contributed by atoms with E-state index < -0.39 is 0 Å². The summed E-state index contributed by atoms with van der Waals surface area (Å²) in [5, 5.41) is 3.69. The molecule has 0 unspecified atom stereocenters. The van der Waals surface area contributed by atoms with Gasteiger partial charge < -0.3 is 10.2 Å². The summed E-state index contributed by atoms with van der Waals surface area (Å²) in [7, 11) is 0. The molecule has 1 fully saturated rings. The van der Waals surface area contributed by atoms with Gasteiger partial charge in [-0.3, -0.25) is 0 Å². The lowest BCUT2D eigenvalue weighted by atomic mass is 10.1. The van der Waals surface area contributed by atoms with Crippen molar-refractivity contribution in [2.75, 3.05) is 17.6 Å². The molecule has 3 nitrogen and oxygen atoms in total. The van der Waals surface area contributed by atoms with Gasteiger partial charge in [-0.15, -0.1) is 11.8 Å². The first kappa shape index (κ1) is 16.2. The zero-order valence-corrected chi connectivity index (χ0v) is 14.7. The number of aryl methyl sites for hydroxylation is 2. The predicted molar refractivity (Wildman–Crippen MR) is 98.3 cm³/mol. The van der Waals surface area contributed by atoms with Gasteiger partial charge >= 0.3 is 6.03 Å². The second-order valence-electron chi connectivity index (χ2n) is 5.71. The van der Waals surface area contributed by atoms with Crippen LogP contribution in [0.25, 0.3) is 0 Å². The molecule has 0 saturated carbocycles. The lowest BCUT2D eigenvalue weighted by Crippen LogP contribution is -2.34. The predicted octanol–water partition coefficient (Wildman–Crippen LogP) is 5.24. The van der Waals surface area contributed by atoms with Gasteiger partial charge in [0.25, 0.3) is 0 Å². The van der Waals surface area contributed by atoms with Crippen molar-refractivity contribution in [3.8, 4) is 0 Å². The van der Waals surface area contributed by atoms with Gasteiger partial charge in [-0.2, -0.15) is 0 Å². The number of carbonyl (C=O) groups excluding carboxylic acids is 1. The second-order valence-corrected chi connectivity index (χ2v) is 7.34. The molecule has 1 saturated heterocycles. The molecule has 1 aliphatic rings. The zero-order valence-electron chi connectivity index (χ0n) is 13.2. The minimum atomic E-state index is -0.0673. The number of hydrogen-bond donors (Lipinski definition) is 1. The number of hydrogen-bond acceptors (Lipinski definition) is 2. The Labute approximate surface area is 146 Å². The highest BCUT2D eigenvalue weighted by molar-refractivity contribution is 7.99. The van der Waals surface area contributed by atoms with Crippen LogP contribution in [-0.4, -0.2) is 23.2 Å². The van der Waals surface area contributed by atoms with Crippen LogP contribution in [-0.2, 0) is 0 Å². The van der Waals surface area contributed by atoms with Crippen LogP contribution in [0.4, 0.5) is 10.5 Å². The van der Waals surface area contributed by atoms with Crippen molar-refractivity contribution in [3.05, 3.63) is 64.2 Å². The Kier molecular flexibility index (Phi) is 4.83. The second kappa shape index (κ2) is 6.85. The summed E-state index contributed by atoms with van der Waals surface area (Å²) in [6, 6.07) is 13.5. The molecule has 120 valence electrons. The normalized spacial score (nSPS) is 17.3. The summed E-state index contributed by atoms with van der Waals surface area (Å²) >= 11 is 7.69. The van der Waals surface area contributed by atoms with Crippen LogP contribution >= 0.6 is 23.4 Å². The first-order valence-electron chi connectivity index (χ1n) is 7.56. The van der Waals surface area contributed by atoms with E-state index in [-0.39, 0.29) is 11.4 Å². The highest BCUT2D eigenvalue weighted by Gasteiger charge is 2.31. The fraction of sp³-hybridized carbons (Fsp3) is 0.278. The Hall–Kier alpha value is -1.65. The zero-order chi connectivity index (χ0) is 16.4. The van der Waals surface area contributed by atoms with Crippen LogP contribution in [0.5, 0.6) is 0 Å². The number of carbonyl (C=O) groups is 1. The van der Waals surface area contributed by atoms with Gasteiger partial charge in [-0.05, 0) is 49.2 Å². The molecule has 3 rings (SSSR count). The molecule has 0 spiro atoms. The van der Waals surface area contributed by atoms with Gasteiger partial charge in [0, 0.05) is 23.0 Å². The number of nitrogens with one attached hydrogen (secondary N) is 1. The Balaban J connectivity index is 1.78. The molecule has 2 aromatic carbocycles. The number of nitrogens with zero attached hydrogens (tertiary/aromatic N) is 1. The van der Waals surface area contributed by atoms with E-state index in [1.807, 2.05) is 28.8 Å². The highest BCUT2D eigenvalue weighted by atomic mass is 35.5. The standard InChI is InChI=1S/C18H19ClN2OS/c1-12-3-8-16(13(2)11-12)17-21(9-10-23-17)18(22)20-15-6-4-14(19)5-7-15/h3-8,11,17H,9-10H2,1-2H3,(H,20,22)/t17-/m0/s1. The molecule has 0 radical (unpaired) electrons. The number of amides is 2. The number of thioether (sulfide) groups is 1. The molecule has 5 heteroatoms. The van der Waals surface area contributed by atoms with Gasteiger partial charge in [0.1, 0.15) is 5.37 Å². The summed E-state index contributed by atoms with van der Waals surface area (Å²) in [5.41, 5.74) is 4.44. The van der Waals surface area contributed by atoms with E-state index in [1.165, 1.54) is 16.7 Å². The van der Waals surface area contributed by atoms with E-state index in [0.29, 0.717) is 5.02 Å². The number of benzene rings is 2. The van der Waals surface area contributed by atoms with Crippen molar-refractivity contribution in [3.63, 3.8) is 0 Å². The third-order valence-corrected chi connectivity index (χ3v) is 5.43. The van der Waals surface area contributed by atoms with Crippen LogP contribution in [0.1, 0.15) is 22.1 Å². The van der Waals surface area contributed by atoms with Crippen LogP contribution in [0.2, 0.25) is 5.02 Å². The molecule has 2 amide bonds. The van der Waals surface area contributed by atoms with E-state index in [1.54, 1.807) is 12.1 Å². The van der Waals surface area contributed by atoms with Crippen molar-refractivity contribution in [1.29, 1.82) is 0 Å². The molecule has 0 bridgehead atoms. The van der Waals surface area contributed by atoms with E-state index in [9.17, 15) is 4.79 Å². The SMILES string of the molecule is Cc1ccc([C@@H]2SCCN2C(=O)Nc2ccc(Cl)cc2)c(C)c1. The van der Waals surface area contributed by atoms with Gasteiger partial charge in [0.05, 0.1) is 0 Å². The van der Waals surface area contributed by atoms with Crippen molar-refractivity contribution in [2.45, 2.75) is 19.2 Å². The fourth-order valence-corrected chi connectivity index (χ4v) is 4.24. The van der Waals surface area contributed by atoms with E-state index in [2.05, 4.69) is 37.4 Å². The van der Waals surface area contributed by atoms with Gasteiger partial charge in [0.2, 0.25) is 0 Å². The molecule has 1 atom stereocenters. The van der Waals surface area contributed by atoms with E-state index >= 15 is 0 Å². The quantitative estimate of drug-likeness (QED) is 0.806. The molecular weight excluding hydrogens is 328 g/mol. The average Bonchev–Trinajstić information content (AvgIpc) is 2.99. The number of rotatable bonds is 2. The molecule has 0 aromatic heterocycles. The summed E-state index contributed by atoms with van der Waals surface area (Å²) < 4.78 is 0. The Morgan fingerprint density at radius 1 is 1.22 bits per heavy atom. The van der Waals surface area contributed by atoms with Crippen LogP contribution in [0.3, 0.4) is 0 Å². The summed E-state index contributed by atoms with van der Waals surface area (Å²) in [6.07, 6.45) is 0. The molecule has 1 aliphatic heterocycles. The van der Waals surface area contributed by atoms with Gasteiger partial charge in [-0.1, -0.05) is 35.4 Å². The highest BCUT2D eigenvalue weighted by Crippen LogP contribution is 2.39. The molecule has 1 N–H and O–H groups in total. The van der Waals surface area contributed by atoms with Crippen LogP contribution < -0.4 is 5.32 Å². The van der Waals surface area contributed by atoms with E-state index in [4.69, 9.17) is 11.6 Å². The van der Waals surface area contributed by atoms with Crippen molar-refractivity contribution < 1.29 is 4.79 Å². The smallest absolute Gasteiger partial charge is 0.308 e. The van der Waals surface area contributed by atoms with Crippen LogP contribution in [0, 0.1) is 13.8 Å². The number of urea groups is 1. The van der Waals surface area contributed by atoms with E-state index in [0.717, 1.165) is 18.0 Å². The fourth-order valence-electron chi connectivity index (χ4n) is 2.77. The van der Waals surface area contributed by atoms with Crippen LogP contribution in [0.15, 0.2) is 42.5 Å². The third kappa shape index (κ3) is 3.65. The summed E-state index contributed by atoms with van der Waals surface area (Å²) in [5.74, 6) is 0.950. The molecule has 1 heterocycles. The minimum absolute atomic E-state index is 0.0673. The lowest BCUT2D eigenvalue weighted by molar-refractivity contribution is 0.214. The van der Waals surface area contributed by atoms with Crippen molar-refractivity contribution in [1.82, 2.24) is 4.90 Å². The Bertz CT molecular complexity index is 717. The van der Waals surface area contributed by atoms with Crippen molar-refractivity contribution in [2.24, 2.45) is 0 Å². The number of halogens is 1. The summed E-state index contributed by atoms with van der Waals surface area (Å²) in [4.78, 5) is 14.5. The Morgan fingerprint density at radius 2 is 1.96 bits per heavy atom. The minimum Gasteiger partial charge on any atom is -0.308 e. The maximum absolute atomic E-state index is 12.6. The monoisotopic (exact) mass is 346 g/mol. The summed E-state index contributed by atoms with van der Waals surface area (Å²) in [6.45, 7) is 4.95. The molecule has 23 heavy (non-hydrogen) atoms. The first-order valence-corrected chi connectivity index (χ1v) is 8.99. The average molecular weight is 347 g/mol. The molecule has 0 aliphatic carbocycles.